The van der Waals surface area contributed by atoms with Crippen molar-refractivity contribution in [1.29, 1.82) is 0 Å². The van der Waals surface area contributed by atoms with E-state index in [1.165, 1.54) is 4.68 Å². The van der Waals surface area contributed by atoms with Gasteiger partial charge in [-0.25, -0.2) is 4.68 Å². The molecule has 2 saturated heterocycles. The van der Waals surface area contributed by atoms with E-state index >= 15 is 0 Å². The first-order valence-electron chi connectivity index (χ1n) is 6.92. The van der Waals surface area contributed by atoms with Crippen molar-refractivity contribution in [2.45, 2.75) is 12.6 Å². The Morgan fingerprint density at radius 1 is 1.20 bits per heavy atom. The minimum absolute atomic E-state index is 0.0943. The summed E-state index contributed by atoms with van der Waals surface area (Å²) in [6, 6.07) is 1.63. The Bertz CT molecular complexity index is 493. The van der Waals surface area contributed by atoms with Crippen molar-refractivity contribution < 1.29 is 14.2 Å². The monoisotopic (exact) mass is 281 g/mol. The highest BCUT2D eigenvalue weighted by Crippen LogP contribution is 2.11. The highest BCUT2D eigenvalue weighted by Gasteiger charge is 2.17. The molecule has 0 unspecified atom stereocenters. The zero-order chi connectivity index (χ0) is 13.8. The lowest BCUT2D eigenvalue weighted by molar-refractivity contribution is -0.0950. The summed E-state index contributed by atoms with van der Waals surface area (Å²) in [5.41, 5.74) is 0.749. The van der Waals surface area contributed by atoms with Crippen molar-refractivity contribution in [2.75, 3.05) is 51.0 Å². The average molecular weight is 281 g/mol. The van der Waals surface area contributed by atoms with Gasteiger partial charge in [-0.15, -0.1) is 0 Å². The van der Waals surface area contributed by atoms with E-state index in [1.807, 2.05) is 0 Å². The molecule has 0 radical (unpaired) electrons. The van der Waals surface area contributed by atoms with Gasteiger partial charge in [0, 0.05) is 19.2 Å². The van der Waals surface area contributed by atoms with E-state index in [9.17, 15) is 4.79 Å². The van der Waals surface area contributed by atoms with Gasteiger partial charge in [-0.2, -0.15) is 5.10 Å². The molecule has 1 aromatic rings. The molecule has 0 amide bonds. The first-order valence-corrected chi connectivity index (χ1v) is 6.92. The Hall–Kier alpha value is -1.44. The number of aromatic nitrogens is 2. The molecule has 0 spiro atoms. The third kappa shape index (κ3) is 3.17. The van der Waals surface area contributed by atoms with Crippen molar-refractivity contribution >= 4 is 5.69 Å². The summed E-state index contributed by atoms with van der Waals surface area (Å²) in [5.74, 6) is 0. The van der Waals surface area contributed by atoms with E-state index in [2.05, 4.69) is 10.00 Å². The largest absolute Gasteiger partial charge is 0.378 e. The molecule has 110 valence electrons. The van der Waals surface area contributed by atoms with E-state index < -0.39 is 0 Å². The fourth-order valence-corrected chi connectivity index (χ4v) is 2.39. The van der Waals surface area contributed by atoms with Crippen LogP contribution in [0, 0.1) is 0 Å². The number of ether oxygens (including phenoxy) is 3. The van der Waals surface area contributed by atoms with Crippen LogP contribution < -0.4 is 10.5 Å². The normalized spacial score (nSPS) is 23.8. The number of hydrogen-bond acceptors (Lipinski definition) is 6. The molecule has 7 heteroatoms. The van der Waals surface area contributed by atoms with Crippen molar-refractivity contribution in [3.05, 3.63) is 22.6 Å². The van der Waals surface area contributed by atoms with E-state index in [1.54, 1.807) is 12.3 Å². The Morgan fingerprint density at radius 2 is 2.05 bits per heavy atom. The molecule has 2 fully saturated rings. The van der Waals surface area contributed by atoms with Crippen LogP contribution in [-0.2, 0) is 20.8 Å². The smallest absolute Gasteiger partial charge is 0.268 e. The molecule has 20 heavy (non-hydrogen) atoms. The lowest BCUT2D eigenvalue weighted by Gasteiger charge is -2.28. The Labute approximate surface area is 117 Å². The number of anilines is 1. The molecule has 7 nitrogen and oxygen atoms in total. The molecular weight excluding hydrogens is 262 g/mol. The summed E-state index contributed by atoms with van der Waals surface area (Å²) in [5, 5.41) is 4.23. The number of rotatable bonds is 3. The van der Waals surface area contributed by atoms with Gasteiger partial charge >= 0.3 is 0 Å². The van der Waals surface area contributed by atoms with Crippen molar-refractivity contribution in [2.24, 2.45) is 0 Å². The van der Waals surface area contributed by atoms with Crippen molar-refractivity contribution in [1.82, 2.24) is 9.78 Å². The van der Waals surface area contributed by atoms with Gasteiger partial charge in [-0.1, -0.05) is 0 Å². The second-order valence-electron chi connectivity index (χ2n) is 4.90. The summed E-state index contributed by atoms with van der Waals surface area (Å²) in [6.07, 6.45) is 1.64. The zero-order valence-corrected chi connectivity index (χ0v) is 11.4. The van der Waals surface area contributed by atoms with Crippen LogP contribution in [0.1, 0.15) is 0 Å². The van der Waals surface area contributed by atoms with Crippen LogP contribution in [0.4, 0.5) is 5.69 Å². The minimum Gasteiger partial charge on any atom is -0.378 e. The predicted molar refractivity (Wildman–Crippen MR) is 72.1 cm³/mol. The van der Waals surface area contributed by atoms with E-state index in [0.29, 0.717) is 39.6 Å². The summed E-state index contributed by atoms with van der Waals surface area (Å²) in [4.78, 5) is 14.2. The number of morpholine rings is 1. The first kappa shape index (κ1) is 13.5. The fourth-order valence-electron chi connectivity index (χ4n) is 2.39. The van der Waals surface area contributed by atoms with E-state index in [-0.39, 0.29) is 11.7 Å². The van der Waals surface area contributed by atoms with Gasteiger partial charge in [0.25, 0.3) is 5.56 Å². The van der Waals surface area contributed by atoms with Gasteiger partial charge in [-0.05, 0) is 0 Å². The quantitative estimate of drug-likeness (QED) is 0.744. The van der Waals surface area contributed by atoms with Crippen LogP contribution in [0.15, 0.2) is 17.1 Å². The third-order valence-electron chi connectivity index (χ3n) is 3.49. The maximum atomic E-state index is 12.1. The Morgan fingerprint density at radius 3 is 2.75 bits per heavy atom. The van der Waals surface area contributed by atoms with Gasteiger partial charge in [0.15, 0.2) is 0 Å². The topological polar surface area (TPSA) is 65.8 Å². The first-order chi connectivity index (χ1) is 9.83. The van der Waals surface area contributed by atoms with Gasteiger partial charge in [0.2, 0.25) is 0 Å². The number of hydrogen-bond donors (Lipinski definition) is 0. The second kappa shape index (κ2) is 6.34. The van der Waals surface area contributed by atoms with Crippen LogP contribution in [0.25, 0.3) is 0 Å². The standard InChI is InChI=1S/C13H19N3O4/c17-13-7-11(15-1-3-18-4-2-15)8-14-16(13)9-12-10-19-5-6-20-12/h7-8,12H,1-6,9-10H2/t12-/m1/s1. The van der Waals surface area contributed by atoms with Crippen LogP contribution in [0.5, 0.6) is 0 Å². The van der Waals surface area contributed by atoms with Crippen molar-refractivity contribution in [3.63, 3.8) is 0 Å². The van der Waals surface area contributed by atoms with Gasteiger partial charge in [-0.3, -0.25) is 4.79 Å². The van der Waals surface area contributed by atoms with Crippen LogP contribution in [0.2, 0.25) is 0 Å². The SMILES string of the molecule is O=c1cc(N2CCOCC2)cnn1C[C@@H]1COCCO1. The Kier molecular flexibility index (Phi) is 4.29. The van der Waals surface area contributed by atoms with E-state index in [4.69, 9.17) is 14.2 Å². The highest BCUT2D eigenvalue weighted by atomic mass is 16.6. The Balaban J connectivity index is 1.68. The lowest BCUT2D eigenvalue weighted by Crippen LogP contribution is -2.39. The van der Waals surface area contributed by atoms with Gasteiger partial charge in [0.1, 0.15) is 6.10 Å². The molecular formula is C13H19N3O4. The number of nitrogens with zero attached hydrogens (tertiary/aromatic N) is 3. The summed E-state index contributed by atoms with van der Waals surface area (Å²) in [7, 11) is 0. The summed E-state index contributed by atoms with van der Waals surface area (Å²) in [6.45, 7) is 5.11. The predicted octanol–water partition coefficient (Wildman–Crippen LogP) is -0.505. The average Bonchev–Trinajstić information content (AvgIpc) is 2.51. The maximum Gasteiger partial charge on any atom is 0.268 e. The van der Waals surface area contributed by atoms with Crippen LogP contribution in [-0.4, -0.2) is 62.0 Å². The molecule has 2 aliphatic heterocycles. The minimum atomic E-state index is -0.108. The summed E-state index contributed by atoms with van der Waals surface area (Å²) >= 11 is 0. The molecule has 0 saturated carbocycles. The molecule has 0 aromatic carbocycles. The summed E-state index contributed by atoms with van der Waals surface area (Å²) < 4.78 is 17.6. The molecule has 0 aliphatic carbocycles. The third-order valence-corrected chi connectivity index (χ3v) is 3.49. The molecule has 1 aromatic heterocycles. The second-order valence-corrected chi connectivity index (χ2v) is 4.90. The van der Waals surface area contributed by atoms with Crippen LogP contribution >= 0.6 is 0 Å². The van der Waals surface area contributed by atoms with Gasteiger partial charge in [0.05, 0.1) is 51.5 Å². The molecule has 0 bridgehead atoms. The highest BCUT2D eigenvalue weighted by molar-refractivity contribution is 5.43. The molecule has 2 aliphatic rings. The van der Waals surface area contributed by atoms with Gasteiger partial charge < -0.3 is 19.1 Å². The lowest BCUT2D eigenvalue weighted by atomic mass is 10.3. The zero-order valence-electron chi connectivity index (χ0n) is 11.4. The molecule has 0 N–H and O–H groups in total. The maximum absolute atomic E-state index is 12.1. The van der Waals surface area contributed by atoms with Crippen LogP contribution in [0.3, 0.4) is 0 Å². The molecule has 3 rings (SSSR count). The van der Waals surface area contributed by atoms with Crippen molar-refractivity contribution in [3.8, 4) is 0 Å². The molecule has 3 heterocycles. The fraction of sp³-hybridized carbons (Fsp3) is 0.692. The molecule has 1 atom stereocenters. The van der Waals surface area contributed by atoms with E-state index in [0.717, 1.165) is 18.8 Å².